The van der Waals surface area contributed by atoms with Gasteiger partial charge in [-0.1, -0.05) is 59.6 Å². The van der Waals surface area contributed by atoms with Crippen LogP contribution >= 0.6 is 23.2 Å². The molecule has 1 atom stereocenters. The van der Waals surface area contributed by atoms with Crippen molar-refractivity contribution in [2.75, 3.05) is 6.54 Å². The topological polar surface area (TPSA) is 64.1 Å². The zero-order chi connectivity index (χ0) is 24.5. The summed E-state index contributed by atoms with van der Waals surface area (Å²) in [6.45, 7) is -0.359. The standard InChI is InChI=1S/C26H19Cl2F2N3O2/c27-15-10-11-17(19(28)12-15)20(29)13-31-25(34)23-18-4-1-2-6-21(18)32-33-26(23)35-22-7-3-5-16(24(22)30)14-8-9-14/h1-7,10-12,14,20H,8-9,13H2,(H,31,34)/t20-/m0/s1. The third kappa shape index (κ3) is 4.92. The molecule has 1 aliphatic rings. The first-order valence-corrected chi connectivity index (χ1v) is 11.8. The van der Waals surface area contributed by atoms with Crippen molar-refractivity contribution in [3.63, 3.8) is 0 Å². The smallest absolute Gasteiger partial charge is 0.257 e. The van der Waals surface area contributed by atoms with Crippen LogP contribution in [0.5, 0.6) is 11.6 Å². The van der Waals surface area contributed by atoms with Gasteiger partial charge in [0.15, 0.2) is 11.6 Å². The van der Waals surface area contributed by atoms with E-state index in [-0.39, 0.29) is 40.2 Å². The van der Waals surface area contributed by atoms with Gasteiger partial charge in [0, 0.05) is 21.0 Å². The Morgan fingerprint density at radius 1 is 1.09 bits per heavy atom. The van der Waals surface area contributed by atoms with Gasteiger partial charge in [0.25, 0.3) is 11.8 Å². The normalized spacial score (nSPS) is 14.1. The average Bonchev–Trinajstić information content (AvgIpc) is 3.69. The lowest BCUT2D eigenvalue weighted by Gasteiger charge is -2.15. The summed E-state index contributed by atoms with van der Waals surface area (Å²) in [5, 5.41) is 11.7. The Morgan fingerprint density at radius 2 is 1.89 bits per heavy atom. The van der Waals surface area contributed by atoms with Gasteiger partial charge in [-0.15, -0.1) is 10.2 Å². The second-order valence-electron chi connectivity index (χ2n) is 8.28. The molecule has 9 heteroatoms. The molecule has 5 nitrogen and oxygen atoms in total. The van der Waals surface area contributed by atoms with Gasteiger partial charge in [0.1, 0.15) is 11.7 Å². The molecule has 1 aromatic heterocycles. The van der Waals surface area contributed by atoms with Crippen molar-refractivity contribution in [2.24, 2.45) is 0 Å². The molecule has 1 amide bonds. The predicted molar refractivity (Wildman–Crippen MR) is 131 cm³/mol. The number of hydrogen-bond donors (Lipinski definition) is 1. The summed E-state index contributed by atoms with van der Waals surface area (Å²) in [6, 6.07) is 16.1. The zero-order valence-electron chi connectivity index (χ0n) is 18.3. The molecule has 1 N–H and O–H groups in total. The number of aromatic nitrogens is 2. The molecule has 0 saturated heterocycles. The highest BCUT2D eigenvalue weighted by molar-refractivity contribution is 6.35. The van der Waals surface area contributed by atoms with Crippen LogP contribution in [-0.2, 0) is 0 Å². The van der Waals surface area contributed by atoms with E-state index >= 15 is 4.39 Å². The van der Waals surface area contributed by atoms with Crippen LogP contribution in [0.4, 0.5) is 8.78 Å². The molecule has 0 radical (unpaired) electrons. The first-order valence-electron chi connectivity index (χ1n) is 11.0. The minimum atomic E-state index is -1.58. The van der Waals surface area contributed by atoms with Gasteiger partial charge in [-0.05, 0) is 48.6 Å². The number of benzene rings is 3. The Hall–Kier alpha value is -3.29. The number of rotatable bonds is 7. The number of alkyl halides is 1. The first-order chi connectivity index (χ1) is 16.9. The van der Waals surface area contributed by atoms with Crippen LogP contribution in [0.3, 0.4) is 0 Å². The number of carbonyl (C=O) groups excluding carboxylic acids is 1. The Kier molecular flexibility index (Phi) is 6.54. The third-order valence-electron chi connectivity index (χ3n) is 5.82. The summed E-state index contributed by atoms with van der Waals surface area (Å²) >= 11 is 12.0. The van der Waals surface area contributed by atoms with Crippen molar-refractivity contribution in [3.8, 4) is 11.6 Å². The molecule has 0 aliphatic heterocycles. The highest BCUT2D eigenvalue weighted by Crippen LogP contribution is 2.43. The van der Waals surface area contributed by atoms with Gasteiger partial charge in [0.2, 0.25) is 0 Å². The average molecular weight is 514 g/mol. The monoisotopic (exact) mass is 513 g/mol. The molecular weight excluding hydrogens is 495 g/mol. The zero-order valence-corrected chi connectivity index (χ0v) is 19.8. The molecule has 0 unspecified atom stereocenters. The van der Waals surface area contributed by atoms with Gasteiger partial charge >= 0.3 is 0 Å². The molecule has 1 saturated carbocycles. The van der Waals surface area contributed by atoms with Crippen LogP contribution in [0, 0.1) is 5.82 Å². The Morgan fingerprint density at radius 3 is 2.66 bits per heavy atom. The van der Waals surface area contributed by atoms with Crippen LogP contribution in [0.25, 0.3) is 10.9 Å². The Labute approximate surface area is 210 Å². The molecule has 0 bridgehead atoms. The van der Waals surface area contributed by atoms with E-state index in [0.29, 0.717) is 21.5 Å². The highest BCUT2D eigenvalue weighted by Gasteiger charge is 2.29. The second kappa shape index (κ2) is 9.76. The van der Waals surface area contributed by atoms with E-state index in [1.807, 2.05) is 0 Å². The molecular formula is C26H19Cl2F2N3O2. The number of hydrogen-bond acceptors (Lipinski definition) is 4. The molecule has 1 fully saturated rings. The maximum atomic E-state index is 15.1. The van der Waals surface area contributed by atoms with Crippen molar-refractivity contribution in [1.82, 2.24) is 15.5 Å². The van der Waals surface area contributed by atoms with E-state index in [1.165, 1.54) is 24.3 Å². The number of carbonyl (C=O) groups is 1. The number of fused-ring (bicyclic) bond motifs is 1. The first kappa shape index (κ1) is 23.5. The van der Waals surface area contributed by atoms with E-state index in [1.54, 1.807) is 36.4 Å². The summed E-state index contributed by atoms with van der Waals surface area (Å²) < 4.78 is 35.7. The third-order valence-corrected chi connectivity index (χ3v) is 6.38. The van der Waals surface area contributed by atoms with Crippen LogP contribution < -0.4 is 10.1 Å². The van der Waals surface area contributed by atoms with Crippen molar-refractivity contribution in [1.29, 1.82) is 0 Å². The summed E-state index contributed by atoms with van der Waals surface area (Å²) in [5.41, 5.74) is 1.24. The highest BCUT2D eigenvalue weighted by atomic mass is 35.5. The Balaban J connectivity index is 1.45. The van der Waals surface area contributed by atoms with Crippen molar-refractivity contribution >= 4 is 40.0 Å². The lowest BCUT2D eigenvalue weighted by molar-refractivity contribution is 0.0940. The lowest BCUT2D eigenvalue weighted by Crippen LogP contribution is -2.28. The summed E-state index contributed by atoms with van der Waals surface area (Å²) in [7, 11) is 0. The lowest BCUT2D eigenvalue weighted by atomic mass is 10.1. The largest absolute Gasteiger partial charge is 0.434 e. The van der Waals surface area contributed by atoms with Gasteiger partial charge < -0.3 is 10.1 Å². The quantitative estimate of drug-likeness (QED) is 0.284. The maximum absolute atomic E-state index is 15.1. The van der Waals surface area contributed by atoms with Crippen LogP contribution in [0.15, 0.2) is 60.7 Å². The minimum Gasteiger partial charge on any atom is -0.434 e. The number of amides is 1. The molecule has 4 aromatic rings. The summed E-state index contributed by atoms with van der Waals surface area (Å²) in [6.07, 6.45) is 0.263. The molecule has 35 heavy (non-hydrogen) atoms. The summed E-state index contributed by atoms with van der Waals surface area (Å²) in [5.74, 6) is -1.18. The molecule has 178 valence electrons. The van der Waals surface area contributed by atoms with E-state index < -0.39 is 17.9 Å². The van der Waals surface area contributed by atoms with E-state index in [2.05, 4.69) is 15.5 Å². The van der Waals surface area contributed by atoms with Gasteiger partial charge in [-0.25, -0.2) is 8.78 Å². The number of nitrogens with one attached hydrogen (secondary N) is 1. The fourth-order valence-electron chi connectivity index (χ4n) is 3.88. The molecule has 1 heterocycles. The van der Waals surface area contributed by atoms with Crippen LogP contribution in [-0.4, -0.2) is 22.6 Å². The fraction of sp³-hybridized carbons (Fsp3) is 0.192. The number of nitrogens with zero attached hydrogens (tertiary/aromatic N) is 2. The molecule has 0 spiro atoms. The Bertz CT molecular complexity index is 1430. The van der Waals surface area contributed by atoms with Gasteiger partial charge in [-0.3, -0.25) is 4.79 Å². The number of halogens is 4. The maximum Gasteiger partial charge on any atom is 0.257 e. The minimum absolute atomic E-state index is 0.0289. The van der Waals surface area contributed by atoms with Crippen molar-refractivity contribution < 1.29 is 18.3 Å². The van der Waals surface area contributed by atoms with Gasteiger partial charge in [0.05, 0.1) is 12.1 Å². The molecule has 3 aromatic carbocycles. The predicted octanol–water partition coefficient (Wildman–Crippen LogP) is 7.19. The second-order valence-corrected chi connectivity index (χ2v) is 9.12. The van der Waals surface area contributed by atoms with Crippen LogP contribution in [0.1, 0.15) is 46.4 Å². The van der Waals surface area contributed by atoms with E-state index in [0.717, 1.165) is 12.8 Å². The fourth-order valence-corrected chi connectivity index (χ4v) is 4.41. The van der Waals surface area contributed by atoms with Crippen molar-refractivity contribution in [2.45, 2.75) is 24.9 Å². The number of ether oxygens (including phenoxy) is 1. The molecule has 5 rings (SSSR count). The molecule has 1 aliphatic carbocycles. The van der Waals surface area contributed by atoms with Crippen molar-refractivity contribution in [3.05, 3.63) is 93.2 Å². The van der Waals surface area contributed by atoms with Crippen LogP contribution in [0.2, 0.25) is 10.0 Å². The van der Waals surface area contributed by atoms with E-state index in [9.17, 15) is 9.18 Å². The van der Waals surface area contributed by atoms with Gasteiger partial charge in [-0.2, -0.15) is 0 Å². The SMILES string of the molecule is O=C(NC[C@H](F)c1ccc(Cl)cc1Cl)c1c(Oc2cccc(C3CC3)c2F)nnc2ccccc12. The van der Waals surface area contributed by atoms with E-state index in [4.69, 9.17) is 27.9 Å². The summed E-state index contributed by atoms with van der Waals surface area (Å²) in [4.78, 5) is 13.2.